The van der Waals surface area contributed by atoms with Crippen molar-refractivity contribution in [1.29, 1.82) is 0 Å². The van der Waals surface area contributed by atoms with E-state index in [0.717, 1.165) is 0 Å². The Morgan fingerprint density at radius 1 is 1.33 bits per heavy atom. The highest BCUT2D eigenvalue weighted by Crippen LogP contribution is 2.45. The Hall–Kier alpha value is -3.59. The van der Waals surface area contributed by atoms with Crippen LogP contribution in [0.5, 0.6) is 0 Å². The first-order chi connectivity index (χ1) is 16.0. The lowest BCUT2D eigenvalue weighted by molar-refractivity contribution is -0.138. The Labute approximate surface area is 194 Å². The van der Waals surface area contributed by atoms with E-state index < -0.39 is 17.8 Å². The van der Waals surface area contributed by atoms with Gasteiger partial charge in [0.1, 0.15) is 18.2 Å². The number of hydrogen-bond acceptors (Lipinski definition) is 7. The molecule has 1 amide bonds. The highest BCUT2D eigenvalue weighted by atomic mass is 32.2. The second-order valence-electron chi connectivity index (χ2n) is 7.33. The van der Waals surface area contributed by atoms with Crippen LogP contribution in [-0.4, -0.2) is 28.6 Å². The molecule has 1 aromatic heterocycles. The number of amides is 1. The maximum atomic E-state index is 14.9. The van der Waals surface area contributed by atoms with E-state index in [4.69, 9.17) is 9.15 Å². The molecule has 3 heterocycles. The van der Waals surface area contributed by atoms with Crippen molar-refractivity contribution in [1.82, 2.24) is 10.2 Å². The van der Waals surface area contributed by atoms with Crippen LogP contribution in [0.4, 0.5) is 4.39 Å². The molecule has 0 aliphatic carbocycles. The lowest BCUT2D eigenvalue weighted by Crippen LogP contribution is -2.38. The third-order valence-electron chi connectivity index (χ3n) is 5.13. The minimum absolute atomic E-state index is 0.0167. The molecule has 1 aromatic carbocycles. The van der Waals surface area contributed by atoms with Gasteiger partial charge >= 0.3 is 5.97 Å². The molecule has 0 saturated carbocycles. The predicted molar refractivity (Wildman–Crippen MR) is 123 cm³/mol. The van der Waals surface area contributed by atoms with Crippen molar-refractivity contribution in [2.75, 3.05) is 6.61 Å². The van der Waals surface area contributed by atoms with E-state index in [9.17, 15) is 14.0 Å². The van der Waals surface area contributed by atoms with Gasteiger partial charge in [-0.3, -0.25) is 4.79 Å². The zero-order chi connectivity index (χ0) is 23.4. The lowest BCUT2D eigenvalue weighted by atomic mass is 9.93. The van der Waals surface area contributed by atoms with Crippen LogP contribution in [-0.2, 0) is 20.9 Å². The van der Waals surface area contributed by atoms with Crippen molar-refractivity contribution in [2.45, 2.75) is 25.9 Å². The Morgan fingerprint density at radius 3 is 2.88 bits per heavy atom. The smallest absolute Gasteiger partial charge is 0.338 e. The average molecular weight is 468 g/mol. The number of halogens is 1. The van der Waals surface area contributed by atoms with Gasteiger partial charge in [-0.05, 0) is 30.5 Å². The molecule has 1 atom stereocenters. The number of carbonyl (C=O) groups is 2. The summed E-state index contributed by atoms with van der Waals surface area (Å²) < 4.78 is 25.5. The van der Waals surface area contributed by atoms with Crippen LogP contribution in [0.15, 0.2) is 87.1 Å². The Kier molecular flexibility index (Phi) is 6.79. The summed E-state index contributed by atoms with van der Waals surface area (Å²) in [5.41, 5.74) is 1.55. The van der Waals surface area contributed by atoms with E-state index in [1.54, 1.807) is 47.6 Å². The number of allylic oxidation sites excluding steroid dienone is 1. The fourth-order valence-electron chi connectivity index (χ4n) is 3.66. The first kappa shape index (κ1) is 22.6. The number of amidine groups is 1. The van der Waals surface area contributed by atoms with Crippen molar-refractivity contribution in [3.63, 3.8) is 0 Å². The van der Waals surface area contributed by atoms with Gasteiger partial charge < -0.3 is 19.4 Å². The number of hydrogen-bond donors (Lipinski definition) is 1. The monoisotopic (exact) mass is 467 g/mol. The van der Waals surface area contributed by atoms with Crippen molar-refractivity contribution in [3.05, 3.63) is 94.8 Å². The molecule has 2 aromatic rings. The largest absolute Gasteiger partial charge is 0.467 e. The lowest BCUT2D eigenvalue weighted by Gasteiger charge is -2.36. The van der Waals surface area contributed by atoms with Gasteiger partial charge in [-0.1, -0.05) is 42.6 Å². The molecule has 2 aliphatic heterocycles. The van der Waals surface area contributed by atoms with E-state index in [1.807, 2.05) is 0 Å². The second-order valence-corrected chi connectivity index (χ2v) is 8.17. The molecule has 2 aliphatic rings. The van der Waals surface area contributed by atoms with Crippen LogP contribution < -0.4 is 5.32 Å². The van der Waals surface area contributed by atoms with Gasteiger partial charge in [0.15, 0.2) is 5.17 Å². The molecule has 9 heteroatoms. The summed E-state index contributed by atoms with van der Waals surface area (Å²) in [6.45, 7) is 5.53. The summed E-state index contributed by atoms with van der Waals surface area (Å²) >= 11 is 1.32. The van der Waals surface area contributed by atoms with Gasteiger partial charge in [-0.2, -0.15) is 0 Å². The SMILES string of the molecule is C=CCOC(=O)C1=C(C)N=C2SC=C(CC(=O)NCc3ccco3)N2[C@@H]1c1ccccc1F. The number of nitrogens with one attached hydrogen (secondary N) is 1. The Bertz CT molecular complexity index is 1170. The number of esters is 1. The molecular weight excluding hydrogens is 445 g/mol. The molecule has 0 saturated heterocycles. The molecule has 1 N–H and O–H groups in total. The van der Waals surface area contributed by atoms with Gasteiger partial charge in [0.05, 0.1) is 36.5 Å². The van der Waals surface area contributed by atoms with Gasteiger partial charge in [-0.25, -0.2) is 14.2 Å². The van der Waals surface area contributed by atoms with Crippen molar-refractivity contribution < 1.29 is 23.1 Å². The maximum Gasteiger partial charge on any atom is 0.338 e. The van der Waals surface area contributed by atoms with Gasteiger partial charge in [0, 0.05) is 11.3 Å². The van der Waals surface area contributed by atoms with Gasteiger partial charge in [0.2, 0.25) is 5.91 Å². The molecule has 0 spiro atoms. The van der Waals surface area contributed by atoms with Crippen LogP contribution in [0.2, 0.25) is 0 Å². The number of furan rings is 1. The third-order valence-corrected chi connectivity index (χ3v) is 6.02. The van der Waals surface area contributed by atoms with Crippen LogP contribution in [0, 0.1) is 5.82 Å². The first-order valence-electron chi connectivity index (χ1n) is 10.3. The molecule has 170 valence electrons. The molecule has 7 nitrogen and oxygen atoms in total. The topological polar surface area (TPSA) is 84.1 Å². The van der Waals surface area contributed by atoms with Crippen molar-refractivity contribution in [3.8, 4) is 0 Å². The summed E-state index contributed by atoms with van der Waals surface area (Å²) in [6, 6.07) is 8.93. The normalized spacial score (nSPS) is 17.3. The minimum atomic E-state index is -0.824. The number of ether oxygens (including phenoxy) is 1. The number of benzene rings is 1. The standard InChI is InChI=1S/C24H22FN3O4S/c1-3-10-32-23(30)21-15(2)27-24-28(22(21)18-8-4-5-9-19(18)25)16(14-33-24)12-20(29)26-13-17-7-6-11-31-17/h3-9,11,14,22H,1,10,12-13H2,2H3,(H,26,29)/t22-/m1/s1. The van der Waals surface area contributed by atoms with E-state index in [1.165, 1.54) is 30.2 Å². The number of carbonyl (C=O) groups excluding carboxylic acids is 2. The van der Waals surface area contributed by atoms with Crippen LogP contribution >= 0.6 is 11.8 Å². The molecule has 0 radical (unpaired) electrons. The summed E-state index contributed by atoms with van der Waals surface area (Å²) in [4.78, 5) is 31.9. The van der Waals surface area contributed by atoms with Crippen LogP contribution in [0.25, 0.3) is 0 Å². The van der Waals surface area contributed by atoms with E-state index in [0.29, 0.717) is 27.9 Å². The fourth-order valence-corrected chi connectivity index (χ4v) is 4.62. The number of rotatable bonds is 8. The number of aliphatic imine (C=N–C) groups is 1. The highest BCUT2D eigenvalue weighted by Gasteiger charge is 2.42. The van der Waals surface area contributed by atoms with Crippen LogP contribution in [0.3, 0.4) is 0 Å². The maximum absolute atomic E-state index is 14.9. The Balaban J connectivity index is 1.64. The molecular formula is C24H22FN3O4S. The zero-order valence-electron chi connectivity index (χ0n) is 17.9. The molecule has 0 bridgehead atoms. The van der Waals surface area contributed by atoms with E-state index in [-0.39, 0.29) is 31.1 Å². The van der Waals surface area contributed by atoms with Crippen molar-refractivity contribution in [2.24, 2.45) is 4.99 Å². The van der Waals surface area contributed by atoms with Crippen LogP contribution in [0.1, 0.15) is 30.7 Å². The quantitative estimate of drug-likeness (QED) is 0.457. The molecule has 0 fully saturated rings. The average Bonchev–Trinajstić information content (AvgIpc) is 3.46. The third kappa shape index (κ3) is 4.78. The fraction of sp³-hybridized carbons (Fsp3) is 0.208. The zero-order valence-corrected chi connectivity index (χ0v) is 18.7. The van der Waals surface area contributed by atoms with E-state index in [2.05, 4.69) is 16.9 Å². The Morgan fingerprint density at radius 2 is 2.15 bits per heavy atom. The highest BCUT2D eigenvalue weighted by molar-refractivity contribution is 8.16. The minimum Gasteiger partial charge on any atom is -0.467 e. The number of fused-ring (bicyclic) bond motifs is 1. The van der Waals surface area contributed by atoms with Gasteiger partial charge in [0.25, 0.3) is 0 Å². The number of nitrogens with zero attached hydrogens (tertiary/aromatic N) is 2. The van der Waals surface area contributed by atoms with E-state index >= 15 is 0 Å². The summed E-state index contributed by atoms with van der Waals surface area (Å²) in [5, 5.41) is 5.17. The summed E-state index contributed by atoms with van der Waals surface area (Å²) in [6.07, 6.45) is 3.02. The summed E-state index contributed by atoms with van der Waals surface area (Å²) in [5.74, 6) is -0.687. The molecule has 33 heavy (non-hydrogen) atoms. The molecule has 4 rings (SSSR count). The predicted octanol–water partition coefficient (Wildman–Crippen LogP) is 4.43. The first-order valence-corrected chi connectivity index (χ1v) is 11.1. The summed E-state index contributed by atoms with van der Waals surface area (Å²) in [7, 11) is 0. The van der Waals surface area contributed by atoms with Gasteiger partial charge in [-0.15, -0.1) is 0 Å². The second kappa shape index (κ2) is 9.91. The number of thioether (sulfide) groups is 1. The molecule has 0 unspecified atom stereocenters. The van der Waals surface area contributed by atoms with Crippen molar-refractivity contribution >= 4 is 28.8 Å².